The molecular weight excluding hydrogens is 462 g/mol. The summed E-state index contributed by atoms with van der Waals surface area (Å²) >= 11 is 0. The largest absolute Gasteiger partial charge is 0.476 e. The SMILES string of the molecule is CCOC(=O)[C@H](CCc1ccccc1)N[C@@H](Cc1ccccc1)C(=O)NCCc1ocnc1C(=O)O. The monoisotopic (exact) mass is 493 g/mol. The standard InChI is InChI=1S/C27H31N3O6/c1-2-35-27(34)21(14-13-19-9-5-3-6-10-19)30-22(17-20-11-7-4-8-12-20)25(31)28-16-15-23-24(26(32)33)29-18-36-23/h3-12,18,21-22,30H,2,13-17H2,1H3,(H,28,31)(H,32,33)/t21-,22-/m0/s1. The predicted octanol–water partition coefficient (Wildman–Crippen LogP) is 2.80. The molecule has 3 rings (SSSR count). The van der Waals surface area contributed by atoms with Crippen molar-refractivity contribution in [1.29, 1.82) is 0 Å². The maximum absolute atomic E-state index is 13.2. The number of hydrogen-bond donors (Lipinski definition) is 3. The molecule has 2 atom stereocenters. The number of carboxylic acid groups (broad SMARTS) is 1. The van der Waals surface area contributed by atoms with Crippen molar-refractivity contribution < 1.29 is 28.6 Å². The van der Waals surface area contributed by atoms with E-state index in [-0.39, 0.29) is 36.9 Å². The molecule has 1 aromatic heterocycles. The third-order valence-corrected chi connectivity index (χ3v) is 5.63. The fourth-order valence-electron chi connectivity index (χ4n) is 3.83. The van der Waals surface area contributed by atoms with Gasteiger partial charge in [0, 0.05) is 13.0 Å². The van der Waals surface area contributed by atoms with E-state index in [1.54, 1.807) is 6.92 Å². The smallest absolute Gasteiger partial charge is 0.358 e. The van der Waals surface area contributed by atoms with Gasteiger partial charge in [-0.2, -0.15) is 0 Å². The summed E-state index contributed by atoms with van der Waals surface area (Å²) in [7, 11) is 0. The summed E-state index contributed by atoms with van der Waals surface area (Å²) in [5, 5.41) is 15.2. The van der Waals surface area contributed by atoms with Crippen LogP contribution >= 0.6 is 0 Å². The maximum atomic E-state index is 13.2. The number of amides is 1. The first-order valence-electron chi connectivity index (χ1n) is 11.9. The van der Waals surface area contributed by atoms with Crippen molar-refractivity contribution in [3.05, 3.63) is 89.6 Å². The molecule has 0 radical (unpaired) electrons. The molecule has 0 fully saturated rings. The van der Waals surface area contributed by atoms with Crippen LogP contribution in [0.25, 0.3) is 0 Å². The van der Waals surface area contributed by atoms with E-state index < -0.39 is 24.0 Å². The van der Waals surface area contributed by atoms with Crippen LogP contribution in [-0.4, -0.2) is 53.2 Å². The fourth-order valence-corrected chi connectivity index (χ4v) is 3.83. The Labute approximate surface area is 209 Å². The summed E-state index contributed by atoms with van der Waals surface area (Å²) in [6.07, 6.45) is 2.69. The number of aromatic nitrogens is 1. The third kappa shape index (κ3) is 8.06. The molecule has 9 nitrogen and oxygen atoms in total. The van der Waals surface area contributed by atoms with Gasteiger partial charge in [-0.25, -0.2) is 9.78 Å². The van der Waals surface area contributed by atoms with Crippen molar-refractivity contribution in [3.8, 4) is 0 Å². The highest BCUT2D eigenvalue weighted by atomic mass is 16.5. The van der Waals surface area contributed by atoms with Gasteiger partial charge in [-0.3, -0.25) is 14.9 Å². The number of esters is 1. The van der Waals surface area contributed by atoms with Crippen LogP contribution < -0.4 is 10.6 Å². The molecule has 0 unspecified atom stereocenters. The molecule has 1 heterocycles. The number of benzene rings is 2. The minimum absolute atomic E-state index is 0.148. The molecule has 0 bridgehead atoms. The molecular formula is C27H31N3O6. The molecule has 9 heteroatoms. The number of aromatic carboxylic acids is 1. The van der Waals surface area contributed by atoms with E-state index in [1.807, 2.05) is 60.7 Å². The van der Waals surface area contributed by atoms with E-state index in [0.717, 1.165) is 17.5 Å². The minimum Gasteiger partial charge on any atom is -0.476 e. The lowest BCUT2D eigenvalue weighted by Gasteiger charge is -2.24. The molecule has 0 saturated heterocycles. The summed E-state index contributed by atoms with van der Waals surface area (Å²) in [5.74, 6) is -1.73. The number of oxazole rings is 1. The van der Waals surface area contributed by atoms with E-state index in [4.69, 9.17) is 9.15 Å². The summed E-state index contributed by atoms with van der Waals surface area (Å²) in [5.41, 5.74) is 1.84. The molecule has 0 spiro atoms. The van der Waals surface area contributed by atoms with Gasteiger partial charge in [-0.05, 0) is 37.3 Å². The van der Waals surface area contributed by atoms with Crippen LogP contribution in [0.5, 0.6) is 0 Å². The second-order valence-electron chi connectivity index (χ2n) is 8.21. The molecule has 3 N–H and O–H groups in total. The third-order valence-electron chi connectivity index (χ3n) is 5.63. The van der Waals surface area contributed by atoms with Crippen LogP contribution in [0.1, 0.15) is 40.7 Å². The normalized spacial score (nSPS) is 12.5. The Bertz CT molecular complexity index is 1120. The van der Waals surface area contributed by atoms with E-state index in [0.29, 0.717) is 19.3 Å². The maximum Gasteiger partial charge on any atom is 0.358 e. The Balaban J connectivity index is 1.70. The van der Waals surface area contributed by atoms with Crippen molar-refractivity contribution >= 4 is 17.8 Å². The van der Waals surface area contributed by atoms with Crippen molar-refractivity contribution in [3.63, 3.8) is 0 Å². The number of ether oxygens (including phenoxy) is 1. The van der Waals surface area contributed by atoms with E-state index in [1.165, 1.54) is 0 Å². The Hall–Kier alpha value is -3.98. The lowest BCUT2D eigenvalue weighted by molar-refractivity contribution is -0.146. The van der Waals surface area contributed by atoms with Crippen LogP contribution in [0.15, 0.2) is 71.5 Å². The van der Waals surface area contributed by atoms with Gasteiger partial charge in [-0.15, -0.1) is 0 Å². The number of rotatable bonds is 14. The van der Waals surface area contributed by atoms with Gasteiger partial charge in [-0.1, -0.05) is 60.7 Å². The first-order valence-corrected chi connectivity index (χ1v) is 11.9. The van der Waals surface area contributed by atoms with E-state index in [2.05, 4.69) is 15.6 Å². The second-order valence-corrected chi connectivity index (χ2v) is 8.21. The Morgan fingerprint density at radius 1 is 0.972 bits per heavy atom. The number of carbonyl (C=O) groups is 3. The molecule has 0 aliphatic rings. The molecule has 3 aromatic rings. The van der Waals surface area contributed by atoms with Crippen LogP contribution in [0.4, 0.5) is 0 Å². The number of carbonyl (C=O) groups excluding carboxylic acids is 2. The quantitative estimate of drug-likeness (QED) is 0.292. The number of nitrogens with one attached hydrogen (secondary N) is 2. The Morgan fingerprint density at radius 3 is 2.28 bits per heavy atom. The summed E-state index contributed by atoms with van der Waals surface area (Å²) in [4.78, 5) is 40.9. The van der Waals surface area contributed by atoms with Crippen LogP contribution in [0.3, 0.4) is 0 Å². The highest BCUT2D eigenvalue weighted by Crippen LogP contribution is 2.11. The molecule has 0 saturated carbocycles. The first-order chi connectivity index (χ1) is 17.5. The van der Waals surface area contributed by atoms with E-state index >= 15 is 0 Å². The van der Waals surface area contributed by atoms with Crippen LogP contribution in [0, 0.1) is 0 Å². The van der Waals surface area contributed by atoms with Gasteiger partial charge in [0.05, 0.1) is 12.6 Å². The molecule has 0 aliphatic heterocycles. The lowest BCUT2D eigenvalue weighted by atomic mass is 10.0. The van der Waals surface area contributed by atoms with Crippen LogP contribution in [-0.2, 0) is 33.6 Å². The van der Waals surface area contributed by atoms with Crippen molar-refractivity contribution in [2.45, 2.75) is 44.7 Å². The number of aryl methyl sites for hydroxylation is 1. The summed E-state index contributed by atoms with van der Waals surface area (Å²) in [6, 6.07) is 17.9. The highest BCUT2D eigenvalue weighted by Gasteiger charge is 2.27. The average molecular weight is 494 g/mol. The van der Waals surface area contributed by atoms with Gasteiger partial charge in [0.25, 0.3) is 0 Å². The summed E-state index contributed by atoms with van der Waals surface area (Å²) < 4.78 is 10.4. The number of nitrogens with zero attached hydrogens (tertiary/aromatic N) is 1. The number of carboxylic acids is 1. The summed E-state index contributed by atoms with van der Waals surface area (Å²) in [6.45, 7) is 2.13. The second kappa shape index (κ2) is 13.8. The van der Waals surface area contributed by atoms with Crippen molar-refractivity contribution in [2.75, 3.05) is 13.2 Å². The fraction of sp³-hybridized carbons (Fsp3) is 0.333. The minimum atomic E-state index is -1.19. The molecule has 1 amide bonds. The van der Waals surface area contributed by atoms with Gasteiger partial charge in [0.15, 0.2) is 12.1 Å². The first kappa shape index (κ1) is 26.6. The molecule has 36 heavy (non-hydrogen) atoms. The van der Waals surface area contributed by atoms with Gasteiger partial charge in [0.1, 0.15) is 11.8 Å². The predicted molar refractivity (Wildman–Crippen MR) is 132 cm³/mol. The molecule has 0 aliphatic carbocycles. The van der Waals surface area contributed by atoms with E-state index in [9.17, 15) is 19.5 Å². The zero-order chi connectivity index (χ0) is 25.8. The average Bonchev–Trinajstić information content (AvgIpc) is 3.36. The van der Waals surface area contributed by atoms with Crippen LogP contribution in [0.2, 0.25) is 0 Å². The highest BCUT2D eigenvalue weighted by molar-refractivity contribution is 5.86. The Kier molecular flexibility index (Phi) is 10.2. The molecule has 2 aromatic carbocycles. The van der Waals surface area contributed by atoms with Gasteiger partial charge >= 0.3 is 11.9 Å². The van der Waals surface area contributed by atoms with Crippen molar-refractivity contribution in [2.24, 2.45) is 0 Å². The molecule has 190 valence electrons. The zero-order valence-electron chi connectivity index (χ0n) is 20.2. The van der Waals surface area contributed by atoms with Crippen molar-refractivity contribution in [1.82, 2.24) is 15.6 Å². The Morgan fingerprint density at radius 2 is 1.64 bits per heavy atom. The number of hydrogen-bond acceptors (Lipinski definition) is 7. The topological polar surface area (TPSA) is 131 Å². The zero-order valence-corrected chi connectivity index (χ0v) is 20.2. The lowest BCUT2D eigenvalue weighted by Crippen LogP contribution is -2.52. The van der Waals surface area contributed by atoms with Gasteiger partial charge < -0.3 is 19.6 Å². The van der Waals surface area contributed by atoms with Gasteiger partial charge in [0.2, 0.25) is 5.91 Å².